The number of methoxy groups -OCH3 is 1. The van der Waals surface area contributed by atoms with Crippen molar-refractivity contribution in [2.75, 3.05) is 24.4 Å². The maximum Gasteiger partial charge on any atom is 0.255 e. The Morgan fingerprint density at radius 1 is 0.958 bits per heavy atom. The van der Waals surface area contributed by atoms with E-state index in [1.807, 2.05) is 92.7 Å². The minimum absolute atomic E-state index is 0.303. The lowest BCUT2D eigenvalue weighted by molar-refractivity contribution is -0.113. The molecule has 48 heavy (non-hydrogen) atoms. The zero-order chi connectivity index (χ0) is 33.6. The van der Waals surface area contributed by atoms with E-state index in [1.54, 1.807) is 11.8 Å². The zero-order valence-corrected chi connectivity index (χ0v) is 28.7. The highest BCUT2D eigenvalue weighted by atomic mass is 35.5. The van der Waals surface area contributed by atoms with Gasteiger partial charge in [0.05, 0.1) is 25.0 Å². The van der Waals surface area contributed by atoms with Crippen LogP contribution in [-0.2, 0) is 17.2 Å². The number of nitrogens with zero attached hydrogens (tertiary/aromatic N) is 3. The van der Waals surface area contributed by atoms with Gasteiger partial charge in [-0.3, -0.25) is 4.79 Å². The molecule has 0 radical (unpaired) electrons. The van der Waals surface area contributed by atoms with Crippen LogP contribution in [0, 0.1) is 6.92 Å². The summed E-state index contributed by atoms with van der Waals surface area (Å²) in [6.45, 7) is 6.67. The second-order valence-corrected chi connectivity index (χ2v) is 12.5. The Morgan fingerprint density at radius 2 is 1.73 bits per heavy atom. The molecule has 0 saturated carbocycles. The Bertz CT molecular complexity index is 1960. The number of hydrogen-bond acceptors (Lipinski definition) is 8. The number of nitrogens with one attached hydrogen (secondary N) is 2. The quantitative estimate of drug-likeness (QED) is 0.127. The number of benzene rings is 4. The first-order chi connectivity index (χ1) is 23.3. The van der Waals surface area contributed by atoms with E-state index in [0.29, 0.717) is 69.3 Å². The van der Waals surface area contributed by atoms with Crippen LogP contribution in [0.4, 0.5) is 11.6 Å². The third kappa shape index (κ3) is 7.30. The maximum absolute atomic E-state index is 14.2. The molecule has 0 fully saturated rings. The molecule has 246 valence electrons. The summed E-state index contributed by atoms with van der Waals surface area (Å²) in [5, 5.41) is 12.5. The highest BCUT2D eigenvalue weighted by Gasteiger charge is 2.35. The van der Waals surface area contributed by atoms with Gasteiger partial charge in [0.25, 0.3) is 5.91 Å². The minimum atomic E-state index is -0.636. The first-order valence-electron chi connectivity index (χ1n) is 15.5. The van der Waals surface area contributed by atoms with Crippen molar-refractivity contribution in [1.82, 2.24) is 14.8 Å². The molecule has 0 aliphatic carbocycles. The van der Waals surface area contributed by atoms with Gasteiger partial charge in [-0.05, 0) is 67.8 Å². The van der Waals surface area contributed by atoms with Crippen molar-refractivity contribution in [3.63, 3.8) is 0 Å². The Morgan fingerprint density at radius 3 is 2.50 bits per heavy atom. The third-order valence-electron chi connectivity index (χ3n) is 7.85. The van der Waals surface area contributed by atoms with Crippen molar-refractivity contribution in [3.05, 3.63) is 130 Å². The number of fused-ring (bicyclic) bond motifs is 1. The highest BCUT2D eigenvalue weighted by Crippen LogP contribution is 2.41. The van der Waals surface area contributed by atoms with Gasteiger partial charge >= 0.3 is 0 Å². The summed E-state index contributed by atoms with van der Waals surface area (Å²) in [6, 6.07) is 28.3. The van der Waals surface area contributed by atoms with Crippen LogP contribution in [-0.4, -0.2) is 34.4 Å². The lowest BCUT2D eigenvalue weighted by atomic mass is 9.94. The van der Waals surface area contributed by atoms with Crippen LogP contribution < -0.4 is 24.8 Å². The van der Waals surface area contributed by atoms with E-state index in [2.05, 4.69) is 29.7 Å². The molecule has 2 heterocycles. The van der Waals surface area contributed by atoms with Crippen molar-refractivity contribution in [2.45, 2.75) is 44.3 Å². The number of rotatable bonds is 12. The van der Waals surface area contributed by atoms with E-state index in [1.165, 1.54) is 17.3 Å². The van der Waals surface area contributed by atoms with E-state index < -0.39 is 6.04 Å². The monoisotopic (exact) mass is 681 g/mol. The second-order valence-electron chi connectivity index (χ2n) is 11.2. The number of aromatic nitrogens is 3. The standard InChI is InChI=1S/C37H36ClN5O4S/c1-5-46-30-13-9-8-12-29(30)40-35(44)33-24(3)39-36-41-37(48-22-27-10-6-7-11-28(27)38)42-43(36)34(33)26-18-19-31(32(20-26)45-4)47-21-25-16-14-23(2)15-17-25/h6-20,34H,5,21-22H2,1-4H3,(H,40,44)(H,39,41,42). The molecule has 11 heteroatoms. The summed E-state index contributed by atoms with van der Waals surface area (Å²) in [4.78, 5) is 19.0. The van der Waals surface area contributed by atoms with Gasteiger partial charge < -0.3 is 24.8 Å². The first kappa shape index (κ1) is 33.0. The number of carbonyl (C=O) groups excluding carboxylic acids is 1. The van der Waals surface area contributed by atoms with Crippen LogP contribution in [0.1, 0.15) is 42.1 Å². The van der Waals surface area contributed by atoms with Crippen molar-refractivity contribution in [1.29, 1.82) is 0 Å². The predicted molar refractivity (Wildman–Crippen MR) is 190 cm³/mol. The van der Waals surface area contributed by atoms with E-state index >= 15 is 0 Å². The van der Waals surface area contributed by atoms with Crippen LogP contribution in [0.15, 0.2) is 107 Å². The fourth-order valence-corrected chi connectivity index (χ4v) is 6.53. The molecule has 1 amide bonds. The fraction of sp³-hybridized carbons (Fsp3) is 0.216. The van der Waals surface area contributed by atoms with Gasteiger partial charge in [-0.2, -0.15) is 4.98 Å². The van der Waals surface area contributed by atoms with E-state index in [9.17, 15) is 4.79 Å². The van der Waals surface area contributed by atoms with Crippen LogP contribution in [0.25, 0.3) is 0 Å². The molecule has 4 aromatic carbocycles. The lowest BCUT2D eigenvalue weighted by Crippen LogP contribution is -2.31. The van der Waals surface area contributed by atoms with Crippen molar-refractivity contribution >= 4 is 40.9 Å². The van der Waals surface area contributed by atoms with E-state index in [0.717, 1.165) is 16.7 Å². The zero-order valence-electron chi connectivity index (χ0n) is 27.1. The average molecular weight is 682 g/mol. The minimum Gasteiger partial charge on any atom is -0.493 e. The Balaban J connectivity index is 1.35. The van der Waals surface area contributed by atoms with Crippen LogP contribution in [0.5, 0.6) is 17.2 Å². The molecule has 1 unspecified atom stereocenters. The summed E-state index contributed by atoms with van der Waals surface area (Å²) < 4.78 is 19.5. The number of para-hydroxylation sites is 2. The summed E-state index contributed by atoms with van der Waals surface area (Å²) in [5.74, 6) is 2.51. The molecular weight excluding hydrogens is 646 g/mol. The highest BCUT2D eigenvalue weighted by molar-refractivity contribution is 7.98. The lowest BCUT2D eigenvalue weighted by Gasteiger charge is -2.29. The molecule has 5 aromatic rings. The molecule has 1 aliphatic rings. The molecule has 2 N–H and O–H groups in total. The molecule has 0 bridgehead atoms. The molecule has 1 atom stereocenters. The SMILES string of the molecule is CCOc1ccccc1NC(=O)C1=C(C)Nc2nc(SCc3ccccc3Cl)nn2C1c1ccc(OCc2ccc(C)cc2)c(OC)c1. The van der Waals surface area contributed by atoms with Crippen LogP contribution >= 0.6 is 23.4 Å². The number of aryl methyl sites for hydroxylation is 1. The smallest absolute Gasteiger partial charge is 0.255 e. The number of thioether (sulfide) groups is 1. The Hall–Kier alpha value is -4.93. The normalized spacial score (nSPS) is 13.8. The third-order valence-corrected chi connectivity index (χ3v) is 9.10. The van der Waals surface area contributed by atoms with Gasteiger partial charge in [-0.1, -0.05) is 89.6 Å². The maximum atomic E-state index is 14.2. The van der Waals surface area contributed by atoms with Crippen LogP contribution in [0.2, 0.25) is 5.02 Å². The van der Waals surface area contributed by atoms with Crippen molar-refractivity contribution in [2.24, 2.45) is 0 Å². The number of hydrogen-bond donors (Lipinski definition) is 2. The van der Waals surface area contributed by atoms with Crippen LogP contribution in [0.3, 0.4) is 0 Å². The molecule has 0 saturated heterocycles. The molecule has 1 aliphatic heterocycles. The topological polar surface area (TPSA) is 99.5 Å². The van der Waals surface area contributed by atoms with E-state index in [4.69, 9.17) is 35.9 Å². The predicted octanol–water partition coefficient (Wildman–Crippen LogP) is 8.45. The summed E-state index contributed by atoms with van der Waals surface area (Å²) >= 11 is 7.88. The number of amides is 1. The number of carbonyl (C=O) groups is 1. The number of anilines is 2. The number of allylic oxidation sites excluding steroid dienone is 1. The fourth-order valence-electron chi connectivity index (χ4n) is 5.41. The Labute approximate surface area is 289 Å². The second kappa shape index (κ2) is 14.9. The van der Waals surface area contributed by atoms with Gasteiger partial charge in [-0.15, -0.1) is 5.10 Å². The van der Waals surface area contributed by atoms with E-state index in [-0.39, 0.29) is 5.91 Å². The molecule has 0 spiro atoms. The first-order valence-corrected chi connectivity index (χ1v) is 16.9. The Kier molecular flexibility index (Phi) is 10.2. The van der Waals surface area contributed by atoms with Gasteiger partial charge in [0.15, 0.2) is 11.5 Å². The summed E-state index contributed by atoms with van der Waals surface area (Å²) in [7, 11) is 1.60. The largest absolute Gasteiger partial charge is 0.493 e. The summed E-state index contributed by atoms with van der Waals surface area (Å²) in [6.07, 6.45) is 0. The van der Waals surface area contributed by atoms with Crippen molar-refractivity contribution in [3.8, 4) is 17.2 Å². The molecule has 1 aromatic heterocycles. The van der Waals surface area contributed by atoms with Gasteiger partial charge in [0.2, 0.25) is 11.1 Å². The van der Waals surface area contributed by atoms with Gasteiger partial charge in [-0.25, -0.2) is 4.68 Å². The number of ether oxygens (including phenoxy) is 3. The summed E-state index contributed by atoms with van der Waals surface area (Å²) in [5.41, 5.74) is 5.67. The van der Waals surface area contributed by atoms with Gasteiger partial charge in [0, 0.05) is 16.5 Å². The number of halogens is 1. The van der Waals surface area contributed by atoms with Crippen molar-refractivity contribution < 1.29 is 19.0 Å². The molecular formula is C37H36ClN5O4S. The van der Waals surface area contributed by atoms with Gasteiger partial charge in [0.1, 0.15) is 18.4 Å². The molecule has 9 nitrogen and oxygen atoms in total. The molecule has 6 rings (SSSR count). The average Bonchev–Trinajstić information content (AvgIpc) is 3.50.